The summed E-state index contributed by atoms with van der Waals surface area (Å²) < 4.78 is 18.1. The van der Waals surface area contributed by atoms with Crippen LogP contribution in [0, 0.1) is 11.7 Å². The minimum atomic E-state index is -0.535. The van der Waals surface area contributed by atoms with Gasteiger partial charge >= 0.3 is 0 Å². The molecule has 0 bridgehead atoms. The van der Waals surface area contributed by atoms with E-state index < -0.39 is 17.6 Å². The predicted molar refractivity (Wildman–Crippen MR) is 103 cm³/mol. The molecule has 3 N–H and O–H groups in total. The van der Waals surface area contributed by atoms with E-state index in [1.807, 2.05) is 0 Å². The molecule has 2 aromatic rings. The third kappa shape index (κ3) is 4.92. The van der Waals surface area contributed by atoms with Crippen LogP contribution < -0.4 is 16.0 Å². The number of carbonyl (C=O) groups is 3. The molecule has 1 aromatic carbocycles. The van der Waals surface area contributed by atoms with Crippen LogP contribution >= 0.6 is 11.6 Å². The molecule has 1 aliphatic rings. The second-order valence-corrected chi connectivity index (χ2v) is 7.15. The zero-order chi connectivity index (χ0) is 21.0. The quantitative estimate of drug-likeness (QED) is 0.685. The molecule has 1 aromatic heterocycles. The Balaban J connectivity index is 1.52. The number of amides is 3. The van der Waals surface area contributed by atoms with E-state index in [1.165, 1.54) is 19.2 Å². The highest BCUT2D eigenvalue weighted by Crippen LogP contribution is 2.28. The Morgan fingerprint density at radius 2 is 1.90 bits per heavy atom. The molecule has 0 spiro atoms. The number of nitrogens with zero attached hydrogens (tertiary/aromatic N) is 1. The van der Waals surface area contributed by atoms with E-state index in [1.54, 1.807) is 0 Å². The number of aromatic nitrogens is 1. The fourth-order valence-corrected chi connectivity index (χ4v) is 3.48. The lowest BCUT2D eigenvalue weighted by molar-refractivity contribution is -0.120. The first kappa shape index (κ1) is 20.8. The highest BCUT2D eigenvalue weighted by Gasteiger charge is 2.29. The van der Waals surface area contributed by atoms with Crippen LogP contribution in [-0.2, 0) is 4.79 Å². The molecule has 1 saturated carbocycles. The van der Waals surface area contributed by atoms with Crippen molar-refractivity contribution in [1.82, 2.24) is 15.6 Å². The second-order valence-electron chi connectivity index (χ2n) is 6.74. The predicted octanol–water partition coefficient (Wildman–Crippen LogP) is 2.75. The van der Waals surface area contributed by atoms with Gasteiger partial charge < -0.3 is 20.4 Å². The topological polar surface area (TPSA) is 113 Å². The number of anilines is 1. The van der Waals surface area contributed by atoms with Crippen molar-refractivity contribution in [3.63, 3.8) is 0 Å². The van der Waals surface area contributed by atoms with Gasteiger partial charge in [-0.2, -0.15) is 0 Å². The van der Waals surface area contributed by atoms with Gasteiger partial charge in [0, 0.05) is 19.0 Å². The SMILES string of the molecule is CNC(=O)c1ocnc1C(=O)N[C@H]1CC[C@H](C(=O)Nc2ccc(F)cc2Cl)CC1. The van der Waals surface area contributed by atoms with Gasteiger partial charge in [-0.25, -0.2) is 9.37 Å². The summed E-state index contributed by atoms with van der Waals surface area (Å²) in [6.45, 7) is 0. The first-order valence-electron chi connectivity index (χ1n) is 9.11. The zero-order valence-electron chi connectivity index (χ0n) is 15.6. The molecule has 154 valence electrons. The van der Waals surface area contributed by atoms with Gasteiger partial charge in [0.05, 0.1) is 10.7 Å². The lowest BCUT2D eigenvalue weighted by Crippen LogP contribution is -2.40. The number of hydrogen-bond acceptors (Lipinski definition) is 5. The van der Waals surface area contributed by atoms with Crippen LogP contribution in [0.5, 0.6) is 0 Å². The maximum atomic E-state index is 13.1. The molecule has 3 rings (SSSR count). The van der Waals surface area contributed by atoms with Gasteiger partial charge in [0.1, 0.15) is 5.82 Å². The first-order chi connectivity index (χ1) is 13.9. The maximum Gasteiger partial charge on any atom is 0.289 e. The van der Waals surface area contributed by atoms with Crippen LogP contribution in [0.1, 0.15) is 46.7 Å². The van der Waals surface area contributed by atoms with Crippen molar-refractivity contribution in [3.05, 3.63) is 46.9 Å². The summed E-state index contributed by atoms with van der Waals surface area (Å²) >= 11 is 5.94. The smallest absolute Gasteiger partial charge is 0.289 e. The molecule has 0 radical (unpaired) electrons. The van der Waals surface area contributed by atoms with Crippen LogP contribution in [0.15, 0.2) is 29.0 Å². The number of oxazole rings is 1. The lowest BCUT2D eigenvalue weighted by Gasteiger charge is -2.28. The summed E-state index contributed by atoms with van der Waals surface area (Å²) in [7, 11) is 1.43. The average Bonchev–Trinajstić information content (AvgIpc) is 3.20. The summed E-state index contributed by atoms with van der Waals surface area (Å²) in [5.74, 6) is -2.08. The fraction of sp³-hybridized carbons (Fsp3) is 0.368. The Morgan fingerprint density at radius 3 is 2.55 bits per heavy atom. The van der Waals surface area contributed by atoms with Crippen molar-refractivity contribution in [2.45, 2.75) is 31.7 Å². The summed E-state index contributed by atoms with van der Waals surface area (Å²) in [6, 6.07) is 3.64. The Bertz CT molecular complexity index is 925. The van der Waals surface area contributed by atoms with Crippen molar-refractivity contribution < 1.29 is 23.2 Å². The molecule has 0 unspecified atom stereocenters. The maximum absolute atomic E-state index is 13.1. The van der Waals surface area contributed by atoms with Crippen LogP contribution in [0.2, 0.25) is 5.02 Å². The molecular weight excluding hydrogens is 403 g/mol. The van der Waals surface area contributed by atoms with E-state index in [9.17, 15) is 18.8 Å². The molecule has 1 fully saturated rings. The third-order valence-electron chi connectivity index (χ3n) is 4.84. The van der Waals surface area contributed by atoms with Crippen molar-refractivity contribution in [3.8, 4) is 0 Å². The van der Waals surface area contributed by atoms with Crippen LogP contribution in [0.3, 0.4) is 0 Å². The van der Waals surface area contributed by atoms with Gasteiger partial charge in [-0.3, -0.25) is 14.4 Å². The normalized spacial score (nSPS) is 18.7. The largest absolute Gasteiger partial charge is 0.437 e. The van der Waals surface area contributed by atoms with E-state index in [-0.39, 0.29) is 34.3 Å². The number of rotatable bonds is 5. The highest BCUT2D eigenvalue weighted by molar-refractivity contribution is 6.33. The standard InChI is InChI=1S/C19H20ClFN4O4/c1-22-19(28)16-15(23-9-29-16)18(27)24-12-5-2-10(3-6-12)17(26)25-14-7-4-11(21)8-13(14)20/h4,7-10,12H,2-3,5-6H2,1H3,(H,22,28)(H,24,27)(H,25,26)/t10-,12-. The molecule has 29 heavy (non-hydrogen) atoms. The van der Waals surface area contributed by atoms with Gasteiger partial charge in [-0.1, -0.05) is 11.6 Å². The van der Waals surface area contributed by atoms with E-state index in [0.717, 1.165) is 12.5 Å². The van der Waals surface area contributed by atoms with E-state index >= 15 is 0 Å². The average molecular weight is 423 g/mol. The molecule has 8 nitrogen and oxygen atoms in total. The van der Waals surface area contributed by atoms with Crippen LogP contribution in [-0.4, -0.2) is 35.8 Å². The molecule has 0 aliphatic heterocycles. The zero-order valence-corrected chi connectivity index (χ0v) is 16.4. The fourth-order valence-electron chi connectivity index (χ4n) is 3.26. The number of carbonyl (C=O) groups excluding carboxylic acids is 3. The van der Waals surface area contributed by atoms with Gasteiger partial charge in [-0.15, -0.1) is 0 Å². The van der Waals surface area contributed by atoms with Crippen LogP contribution in [0.25, 0.3) is 0 Å². The highest BCUT2D eigenvalue weighted by atomic mass is 35.5. The number of nitrogens with one attached hydrogen (secondary N) is 3. The third-order valence-corrected chi connectivity index (χ3v) is 5.15. The second kappa shape index (κ2) is 9.04. The van der Waals surface area contributed by atoms with Gasteiger partial charge in [-0.05, 0) is 43.9 Å². The van der Waals surface area contributed by atoms with E-state index in [0.29, 0.717) is 31.4 Å². The Morgan fingerprint density at radius 1 is 1.17 bits per heavy atom. The molecule has 1 aliphatic carbocycles. The molecule has 0 saturated heterocycles. The monoisotopic (exact) mass is 422 g/mol. The molecule has 10 heteroatoms. The minimum Gasteiger partial charge on any atom is -0.437 e. The van der Waals surface area contributed by atoms with Gasteiger partial charge in [0.15, 0.2) is 12.1 Å². The van der Waals surface area contributed by atoms with Crippen LogP contribution in [0.4, 0.5) is 10.1 Å². The molecule has 1 heterocycles. The number of halogens is 2. The summed E-state index contributed by atoms with van der Waals surface area (Å²) in [5.41, 5.74) is 0.288. The summed E-state index contributed by atoms with van der Waals surface area (Å²) in [4.78, 5) is 40.4. The molecule has 3 amide bonds. The minimum absolute atomic E-state index is 0.0739. The first-order valence-corrected chi connectivity index (χ1v) is 9.49. The lowest BCUT2D eigenvalue weighted by atomic mass is 9.85. The molecular formula is C19H20ClFN4O4. The Labute approximate surface area is 171 Å². The van der Waals surface area contributed by atoms with Crippen molar-refractivity contribution in [2.75, 3.05) is 12.4 Å². The van der Waals surface area contributed by atoms with Crippen molar-refractivity contribution >= 4 is 35.0 Å². The van der Waals surface area contributed by atoms with Crippen molar-refractivity contribution in [1.29, 1.82) is 0 Å². The number of benzene rings is 1. The summed E-state index contributed by atoms with van der Waals surface area (Å²) in [5, 5.41) is 8.07. The Hall–Kier alpha value is -2.94. The van der Waals surface area contributed by atoms with E-state index in [2.05, 4.69) is 20.9 Å². The van der Waals surface area contributed by atoms with Crippen molar-refractivity contribution in [2.24, 2.45) is 5.92 Å². The van der Waals surface area contributed by atoms with Gasteiger partial charge in [0.2, 0.25) is 11.7 Å². The summed E-state index contributed by atoms with van der Waals surface area (Å²) in [6.07, 6.45) is 3.36. The Kier molecular flexibility index (Phi) is 6.48. The van der Waals surface area contributed by atoms with Gasteiger partial charge in [0.25, 0.3) is 11.8 Å². The number of hydrogen-bond donors (Lipinski definition) is 3. The van der Waals surface area contributed by atoms with E-state index in [4.69, 9.17) is 16.0 Å². The molecule has 0 atom stereocenters.